The molecule has 0 aliphatic carbocycles. The van der Waals surface area contributed by atoms with Gasteiger partial charge in [0.05, 0.1) is 6.20 Å². The van der Waals surface area contributed by atoms with Gasteiger partial charge in [0.1, 0.15) is 0 Å². The summed E-state index contributed by atoms with van der Waals surface area (Å²) in [6.07, 6.45) is 5.95. The number of hydrogen-bond acceptors (Lipinski definition) is 5. The maximum absolute atomic E-state index is 12.3. The van der Waals surface area contributed by atoms with Crippen LogP contribution >= 0.6 is 0 Å². The van der Waals surface area contributed by atoms with Crippen molar-refractivity contribution in [2.75, 3.05) is 32.1 Å². The van der Waals surface area contributed by atoms with E-state index >= 15 is 0 Å². The van der Waals surface area contributed by atoms with E-state index in [2.05, 4.69) is 26.9 Å². The molecule has 0 radical (unpaired) electrons. The zero-order chi connectivity index (χ0) is 22.1. The van der Waals surface area contributed by atoms with Crippen LogP contribution in [0.4, 0.5) is 5.69 Å². The van der Waals surface area contributed by atoms with E-state index in [0.29, 0.717) is 23.8 Å². The minimum atomic E-state index is -0.0617. The lowest BCUT2D eigenvalue weighted by atomic mass is 10.1. The molecule has 1 N–H and O–H groups in total. The topological polar surface area (TPSA) is 70.7 Å². The molecular formula is C25H30N4O2. The van der Waals surface area contributed by atoms with Gasteiger partial charge >= 0.3 is 0 Å². The van der Waals surface area contributed by atoms with Gasteiger partial charge in [0.25, 0.3) is 5.91 Å². The van der Waals surface area contributed by atoms with Crippen LogP contribution < -0.4 is 10.2 Å². The molecule has 0 atom stereocenters. The molecule has 162 valence electrons. The molecule has 0 saturated heterocycles. The van der Waals surface area contributed by atoms with Crippen LogP contribution in [0.1, 0.15) is 36.0 Å². The summed E-state index contributed by atoms with van der Waals surface area (Å²) in [4.78, 5) is 22.6. The molecule has 0 spiro atoms. The van der Waals surface area contributed by atoms with Crippen LogP contribution in [0.5, 0.6) is 0 Å². The fourth-order valence-electron chi connectivity index (χ4n) is 3.24. The fourth-order valence-corrected chi connectivity index (χ4v) is 3.24. The first-order valence-corrected chi connectivity index (χ1v) is 10.6. The zero-order valence-electron chi connectivity index (χ0n) is 18.3. The third kappa shape index (κ3) is 6.28. The minimum absolute atomic E-state index is 0.0617. The molecular weight excluding hydrogens is 388 g/mol. The van der Waals surface area contributed by atoms with Crippen molar-refractivity contribution in [1.29, 1.82) is 0 Å². The monoisotopic (exact) mass is 418 g/mol. The van der Waals surface area contributed by atoms with Gasteiger partial charge in [-0.2, -0.15) is 0 Å². The summed E-state index contributed by atoms with van der Waals surface area (Å²) in [7, 11) is 4.02. The summed E-state index contributed by atoms with van der Waals surface area (Å²) < 4.78 is 5.94. The van der Waals surface area contributed by atoms with Crippen molar-refractivity contribution < 1.29 is 9.21 Å². The molecule has 0 aliphatic heterocycles. The number of nitrogens with one attached hydrogen (secondary N) is 1. The highest BCUT2D eigenvalue weighted by atomic mass is 16.4. The van der Waals surface area contributed by atoms with Crippen molar-refractivity contribution in [2.45, 2.75) is 25.7 Å². The molecule has 1 heterocycles. The van der Waals surface area contributed by atoms with E-state index in [1.165, 1.54) is 0 Å². The number of nitrogens with zero attached hydrogens (tertiary/aromatic N) is 3. The van der Waals surface area contributed by atoms with Gasteiger partial charge in [-0.3, -0.25) is 4.79 Å². The van der Waals surface area contributed by atoms with Crippen LogP contribution in [0, 0.1) is 0 Å². The van der Waals surface area contributed by atoms with Crippen molar-refractivity contribution in [3.63, 3.8) is 0 Å². The molecule has 0 unspecified atom stereocenters. The maximum atomic E-state index is 12.3. The number of anilines is 1. The van der Waals surface area contributed by atoms with E-state index in [-0.39, 0.29) is 5.91 Å². The van der Waals surface area contributed by atoms with Crippen LogP contribution in [0.2, 0.25) is 0 Å². The van der Waals surface area contributed by atoms with Gasteiger partial charge in [0, 0.05) is 49.6 Å². The molecule has 0 bridgehead atoms. The predicted octanol–water partition coefficient (Wildman–Crippen LogP) is 5.07. The van der Waals surface area contributed by atoms with Crippen LogP contribution in [0.25, 0.3) is 22.8 Å². The van der Waals surface area contributed by atoms with Crippen molar-refractivity contribution in [1.82, 2.24) is 10.3 Å². The summed E-state index contributed by atoms with van der Waals surface area (Å²) in [5, 5.41) is 2.97. The lowest BCUT2D eigenvalue weighted by Gasteiger charge is -2.11. The lowest BCUT2D eigenvalue weighted by molar-refractivity contribution is 0.0953. The van der Waals surface area contributed by atoms with E-state index in [1.54, 1.807) is 18.3 Å². The Bertz CT molecular complexity index is 976. The highest BCUT2D eigenvalue weighted by molar-refractivity contribution is 5.94. The molecule has 6 nitrogen and oxygen atoms in total. The van der Waals surface area contributed by atoms with Crippen LogP contribution in [-0.4, -0.2) is 44.8 Å². The Morgan fingerprint density at radius 2 is 1.68 bits per heavy atom. The number of rotatable bonds is 11. The zero-order valence-corrected chi connectivity index (χ0v) is 18.3. The quantitative estimate of drug-likeness (QED) is 0.349. The number of unbranched alkanes of at least 4 members (excludes halogenated alkanes) is 3. The van der Waals surface area contributed by atoms with Gasteiger partial charge in [-0.1, -0.05) is 12.8 Å². The molecule has 1 aromatic heterocycles. The largest absolute Gasteiger partial charge is 0.436 e. The number of benzene rings is 2. The molecule has 0 aliphatic rings. The Morgan fingerprint density at radius 1 is 1.00 bits per heavy atom. The van der Waals surface area contributed by atoms with Crippen molar-refractivity contribution in [2.24, 2.45) is 4.99 Å². The van der Waals surface area contributed by atoms with Crippen molar-refractivity contribution in [3.05, 3.63) is 60.3 Å². The molecule has 31 heavy (non-hydrogen) atoms. The summed E-state index contributed by atoms with van der Waals surface area (Å²) in [6.45, 7) is 4.97. The van der Waals surface area contributed by atoms with Gasteiger partial charge in [-0.15, -0.1) is 0 Å². The van der Waals surface area contributed by atoms with Crippen LogP contribution in [0.15, 0.2) is 64.1 Å². The van der Waals surface area contributed by atoms with Crippen LogP contribution in [-0.2, 0) is 0 Å². The van der Waals surface area contributed by atoms with E-state index in [4.69, 9.17) is 4.42 Å². The van der Waals surface area contributed by atoms with E-state index < -0.39 is 0 Å². The third-order valence-corrected chi connectivity index (χ3v) is 5.10. The van der Waals surface area contributed by atoms with Gasteiger partial charge in [-0.05, 0) is 68.1 Å². The molecule has 1 amide bonds. The highest BCUT2D eigenvalue weighted by Gasteiger charge is 2.11. The molecule has 6 heteroatoms. The molecule has 3 aromatic rings. The molecule has 0 saturated carbocycles. The molecule has 3 rings (SSSR count). The summed E-state index contributed by atoms with van der Waals surface area (Å²) in [5.74, 6) is 1.19. The van der Waals surface area contributed by atoms with Gasteiger partial charge in [-0.25, -0.2) is 4.98 Å². The van der Waals surface area contributed by atoms with Gasteiger partial charge in [0.15, 0.2) is 5.76 Å². The fraction of sp³-hybridized carbons (Fsp3) is 0.320. The Kier molecular flexibility index (Phi) is 7.98. The van der Waals surface area contributed by atoms with Crippen molar-refractivity contribution >= 4 is 18.3 Å². The average Bonchev–Trinajstić information content (AvgIpc) is 3.29. The SMILES string of the molecule is C=NCCCCCCNC(=O)c1ccc(-c2ncc(-c3ccc(N(C)C)cc3)o2)cc1. The standard InChI is InChI=1S/C25H30N4O2/c1-26-16-6-4-5-7-17-27-24(30)20-8-10-21(11-9-20)25-28-18-23(31-25)19-12-14-22(15-13-19)29(2)3/h8-15,18H,1,4-7,16-17H2,2-3H3,(H,27,30). The van der Waals surface area contributed by atoms with Gasteiger partial charge < -0.3 is 19.6 Å². The average molecular weight is 419 g/mol. The van der Waals surface area contributed by atoms with E-state index in [1.807, 2.05) is 50.5 Å². The Hall–Kier alpha value is -3.41. The summed E-state index contributed by atoms with van der Waals surface area (Å²) >= 11 is 0. The first kappa shape index (κ1) is 22.3. The normalized spacial score (nSPS) is 10.6. The number of hydrogen-bond donors (Lipinski definition) is 1. The maximum Gasteiger partial charge on any atom is 0.251 e. The lowest BCUT2D eigenvalue weighted by Crippen LogP contribution is -2.24. The van der Waals surface area contributed by atoms with Crippen molar-refractivity contribution in [3.8, 4) is 22.8 Å². The number of aliphatic imine (C=N–C) groups is 1. The minimum Gasteiger partial charge on any atom is -0.436 e. The number of amides is 1. The highest BCUT2D eigenvalue weighted by Crippen LogP contribution is 2.27. The van der Waals surface area contributed by atoms with E-state index in [9.17, 15) is 4.79 Å². The Balaban J connectivity index is 1.54. The predicted molar refractivity (Wildman–Crippen MR) is 127 cm³/mol. The second kappa shape index (κ2) is 11.1. The smallest absolute Gasteiger partial charge is 0.251 e. The number of carbonyl (C=O) groups excluding carboxylic acids is 1. The molecule has 0 fully saturated rings. The summed E-state index contributed by atoms with van der Waals surface area (Å²) in [6, 6.07) is 15.5. The number of carbonyl (C=O) groups is 1. The number of aromatic nitrogens is 1. The van der Waals surface area contributed by atoms with E-state index in [0.717, 1.165) is 49.0 Å². The first-order valence-electron chi connectivity index (χ1n) is 10.6. The molecule has 2 aromatic carbocycles. The Morgan fingerprint density at radius 3 is 2.35 bits per heavy atom. The van der Waals surface area contributed by atoms with Gasteiger partial charge in [0.2, 0.25) is 5.89 Å². The van der Waals surface area contributed by atoms with Crippen LogP contribution in [0.3, 0.4) is 0 Å². The Labute approximate surface area is 184 Å². The first-order chi connectivity index (χ1) is 15.1. The summed E-state index contributed by atoms with van der Waals surface area (Å²) in [5.41, 5.74) is 3.57. The second-order valence-electron chi connectivity index (χ2n) is 7.67. The number of oxazole rings is 1. The third-order valence-electron chi connectivity index (χ3n) is 5.10. The second-order valence-corrected chi connectivity index (χ2v) is 7.67.